The number of carbonyl (C=O) groups excluding carboxylic acids is 1. The predicted octanol–water partition coefficient (Wildman–Crippen LogP) is 2.95. The molecule has 0 fully saturated rings. The van der Waals surface area contributed by atoms with E-state index in [-0.39, 0.29) is 5.91 Å². The first-order valence-corrected chi connectivity index (χ1v) is 9.58. The number of imidazole rings is 1. The lowest BCUT2D eigenvalue weighted by molar-refractivity contribution is 0.0954. The molecular weight excluding hydrogens is 380 g/mol. The Morgan fingerprint density at radius 3 is 2.77 bits per heavy atom. The Bertz CT molecular complexity index is 1130. The molecule has 2 aromatic heterocycles. The van der Waals surface area contributed by atoms with Crippen LogP contribution in [0.15, 0.2) is 61.1 Å². The largest absolute Gasteiger partial charge is 0.497 e. The maximum atomic E-state index is 12.6. The van der Waals surface area contributed by atoms with Crippen LogP contribution in [0.5, 0.6) is 5.75 Å². The molecule has 0 aliphatic heterocycles. The van der Waals surface area contributed by atoms with Gasteiger partial charge in [-0.2, -0.15) is 5.10 Å². The number of amides is 1. The highest BCUT2D eigenvalue weighted by molar-refractivity contribution is 5.94. The first-order valence-electron chi connectivity index (χ1n) is 9.58. The van der Waals surface area contributed by atoms with Gasteiger partial charge in [0.25, 0.3) is 5.91 Å². The van der Waals surface area contributed by atoms with Crippen LogP contribution in [-0.4, -0.2) is 44.3 Å². The molecule has 0 aliphatic rings. The van der Waals surface area contributed by atoms with Crippen LogP contribution in [0.1, 0.15) is 21.9 Å². The summed E-state index contributed by atoms with van der Waals surface area (Å²) < 4.78 is 6.98. The van der Waals surface area contributed by atoms with Crippen molar-refractivity contribution in [2.45, 2.75) is 13.3 Å². The van der Waals surface area contributed by atoms with E-state index in [1.165, 1.54) is 0 Å². The van der Waals surface area contributed by atoms with Gasteiger partial charge in [0, 0.05) is 36.0 Å². The smallest absolute Gasteiger partial charge is 0.251 e. The summed E-state index contributed by atoms with van der Waals surface area (Å²) in [4.78, 5) is 24.2. The summed E-state index contributed by atoms with van der Waals surface area (Å²) in [6.45, 7) is 2.36. The third-order valence-corrected chi connectivity index (χ3v) is 4.65. The van der Waals surface area contributed by atoms with E-state index >= 15 is 0 Å². The summed E-state index contributed by atoms with van der Waals surface area (Å²) in [5.41, 5.74) is 3.21. The van der Waals surface area contributed by atoms with Crippen molar-refractivity contribution in [1.29, 1.82) is 0 Å². The topological polar surface area (TPSA) is 97.7 Å². The van der Waals surface area contributed by atoms with Crippen LogP contribution < -0.4 is 10.1 Å². The van der Waals surface area contributed by atoms with Gasteiger partial charge >= 0.3 is 0 Å². The number of benzene rings is 2. The number of ether oxygens (including phenoxy) is 1. The van der Waals surface area contributed by atoms with Crippen molar-refractivity contribution in [3.63, 3.8) is 0 Å². The lowest BCUT2D eigenvalue weighted by atomic mass is 10.1. The minimum atomic E-state index is -0.140. The highest BCUT2D eigenvalue weighted by atomic mass is 16.5. The van der Waals surface area contributed by atoms with Crippen LogP contribution in [0.4, 0.5) is 0 Å². The van der Waals surface area contributed by atoms with Crippen molar-refractivity contribution in [1.82, 2.24) is 30.0 Å². The molecule has 152 valence electrons. The van der Waals surface area contributed by atoms with Gasteiger partial charge in [0.1, 0.15) is 11.6 Å². The molecular formula is C22H22N6O2. The number of hydrogen-bond donors (Lipinski definition) is 2. The van der Waals surface area contributed by atoms with E-state index in [4.69, 9.17) is 4.74 Å². The van der Waals surface area contributed by atoms with Crippen molar-refractivity contribution in [2.24, 2.45) is 0 Å². The Balaban J connectivity index is 1.55. The Kier molecular flexibility index (Phi) is 5.56. The quantitative estimate of drug-likeness (QED) is 0.495. The number of methoxy groups -OCH3 is 1. The fraction of sp³-hybridized carbons (Fsp3) is 0.182. The van der Waals surface area contributed by atoms with E-state index in [1.54, 1.807) is 30.4 Å². The molecule has 2 heterocycles. The van der Waals surface area contributed by atoms with Gasteiger partial charge in [0.05, 0.1) is 19.1 Å². The van der Waals surface area contributed by atoms with E-state index in [0.29, 0.717) is 30.2 Å². The molecule has 2 N–H and O–H groups in total. The van der Waals surface area contributed by atoms with Crippen molar-refractivity contribution in [3.05, 3.63) is 78.1 Å². The summed E-state index contributed by atoms with van der Waals surface area (Å²) in [7, 11) is 1.63. The molecule has 0 atom stereocenters. The second-order valence-corrected chi connectivity index (χ2v) is 6.76. The normalized spacial score (nSPS) is 10.7. The first-order chi connectivity index (χ1) is 14.6. The number of rotatable bonds is 7. The number of hydrogen-bond acceptors (Lipinski definition) is 5. The number of nitrogens with one attached hydrogen (secondary N) is 2. The zero-order valence-electron chi connectivity index (χ0n) is 16.8. The van der Waals surface area contributed by atoms with Gasteiger partial charge in [-0.25, -0.2) is 14.6 Å². The maximum Gasteiger partial charge on any atom is 0.251 e. The average molecular weight is 402 g/mol. The van der Waals surface area contributed by atoms with Crippen molar-refractivity contribution in [2.75, 3.05) is 13.7 Å². The Labute approximate surface area is 174 Å². The summed E-state index contributed by atoms with van der Waals surface area (Å²) in [6.07, 6.45) is 4.07. The van der Waals surface area contributed by atoms with Gasteiger partial charge in [-0.05, 0) is 49.4 Å². The number of nitrogens with zero attached hydrogens (tertiary/aromatic N) is 4. The zero-order valence-corrected chi connectivity index (χ0v) is 16.8. The standard InChI is InChI=1S/C22H22N6O2/c1-15-26-21(16-6-8-20(30-2)9-7-16)28(27-15)19-5-3-4-17(12-19)22(29)24-11-10-18-13-23-14-25-18/h3-9,12-14H,10-11H2,1-2H3,(H,23,25)(H,24,29). The van der Waals surface area contributed by atoms with E-state index in [2.05, 4.69) is 25.4 Å². The van der Waals surface area contributed by atoms with Crippen LogP contribution in [-0.2, 0) is 6.42 Å². The molecule has 2 aromatic carbocycles. The van der Waals surface area contributed by atoms with Crippen LogP contribution in [0.25, 0.3) is 17.1 Å². The zero-order chi connectivity index (χ0) is 20.9. The monoisotopic (exact) mass is 402 g/mol. The fourth-order valence-corrected chi connectivity index (χ4v) is 3.14. The molecule has 8 nitrogen and oxygen atoms in total. The lowest BCUT2D eigenvalue weighted by Gasteiger charge is -2.09. The second-order valence-electron chi connectivity index (χ2n) is 6.76. The lowest BCUT2D eigenvalue weighted by Crippen LogP contribution is -2.25. The molecule has 30 heavy (non-hydrogen) atoms. The van der Waals surface area contributed by atoms with Gasteiger partial charge in [0.2, 0.25) is 0 Å². The second kappa shape index (κ2) is 8.60. The van der Waals surface area contributed by atoms with E-state index in [1.807, 2.05) is 49.4 Å². The predicted molar refractivity (Wildman–Crippen MR) is 113 cm³/mol. The van der Waals surface area contributed by atoms with Crippen LogP contribution in [0.3, 0.4) is 0 Å². The average Bonchev–Trinajstić information content (AvgIpc) is 3.43. The van der Waals surface area contributed by atoms with Crippen molar-refractivity contribution >= 4 is 5.91 Å². The molecule has 1 amide bonds. The molecule has 4 aromatic rings. The molecule has 0 aliphatic carbocycles. The van der Waals surface area contributed by atoms with Crippen LogP contribution in [0, 0.1) is 6.92 Å². The highest BCUT2D eigenvalue weighted by Gasteiger charge is 2.14. The Hall–Kier alpha value is -3.94. The number of aromatic nitrogens is 5. The minimum Gasteiger partial charge on any atom is -0.497 e. The third-order valence-electron chi connectivity index (χ3n) is 4.65. The van der Waals surface area contributed by atoms with Gasteiger partial charge in [0.15, 0.2) is 5.82 Å². The number of aromatic amines is 1. The van der Waals surface area contributed by atoms with Crippen LogP contribution in [0.2, 0.25) is 0 Å². The summed E-state index contributed by atoms with van der Waals surface area (Å²) in [5, 5.41) is 7.46. The number of H-pyrrole nitrogens is 1. The van der Waals surface area contributed by atoms with E-state index in [0.717, 1.165) is 22.7 Å². The molecule has 0 saturated heterocycles. The maximum absolute atomic E-state index is 12.6. The Morgan fingerprint density at radius 2 is 2.03 bits per heavy atom. The third kappa shape index (κ3) is 4.22. The van der Waals surface area contributed by atoms with Gasteiger partial charge < -0.3 is 15.0 Å². The number of carbonyl (C=O) groups is 1. The summed E-state index contributed by atoms with van der Waals surface area (Å²) in [6, 6.07) is 15.0. The molecule has 4 rings (SSSR count). The van der Waals surface area contributed by atoms with Crippen LogP contribution >= 0.6 is 0 Å². The minimum absolute atomic E-state index is 0.140. The van der Waals surface area contributed by atoms with Crippen molar-refractivity contribution in [3.8, 4) is 22.8 Å². The Morgan fingerprint density at radius 1 is 1.20 bits per heavy atom. The van der Waals surface area contributed by atoms with E-state index in [9.17, 15) is 4.79 Å². The molecule has 0 unspecified atom stereocenters. The van der Waals surface area contributed by atoms with Crippen molar-refractivity contribution < 1.29 is 9.53 Å². The molecule has 0 radical (unpaired) electrons. The van der Waals surface area contributed by atoms with Gasteiger partial charge in [-0.1, -0.05) is 6.07 Å². The van der Waals surface area contributed by atoms with Gasteiger partial charge in [-0.3, -0.25) is 4.79 Å². The molecule has 8 heteroatoms. The summed E-state index contributed by atoms with van der Waals surface area (Å²) >= 11 is 0. The SMILES string of the molecule is COc1ccc(-c2nc(C)nn2-c2cccc(C(=O)NCCc3cnc[nH]3)c2)cc1. The molecule has 0 spiro atoms. The molecule has 0 bridgehead atoms. The molecule has 0 saturated carbocycles. The number of aryl methyl sites for hydroxylation is 1. The van der Waals surface area contributed by atoms with Gasteiger partial charge in [-0.15, -0.1) is 0 Å². The highest BCUT2D eigenvalue weighted by Crippen LogP contribution is 2.24. The fourth-order valence-electron chi connectivity index (χ4n) is 3.14. The first kappa shape index (κ1) is 19.4. The summed E-state index contributed by atoms with van der Waals surface area (Å²) in [5.74, 6) is 1.98. The van der Waals surface area contributed by atoms with E-state index < -0.39 is 0 Å².